The molecule has 0 unspecified atom stereocenters. The van der Waals surface area contributed by atoms with E-state index in [9.17, 15) is 14.4 Å². The average Bonchev–Trinajstić information content (AvgIpc) is 2.57. The lowest BCUT2D eigenvalue weighted by Crippen LogP contribution is -2.45. The van der Waals surface area contributed by atoms with E-state index >= 15 is 0 Å². The topological polar surface area (TPSA) is 90.9 Å². The Labute approximate surface area is 154 Å². The first-order chi connectivity index (χ1) is 12.1. The Morgan fingerprint density at radius 3 is 2.23 bits per heavy atom. The van der Waals surface area contributed by atoms with E-state index in [0.29, 0.717) is 0 Å². The summed E-state index contributed by atoms with van der Waals surface area (Å²) in [5.74, 6) is -1.71. The van der Waals surface area contributed by atoms with Crippen LogP contribution in [0.1, 0.15) is 39.7 Å². The maximum absolute atomic E-state index is 12.4. The van der Waals surface area contributed by atoms with Crippen LogP contribution in [-0.4, -0.2) is 36.8 Å². The van der Waals surface area contributed by atoms with Crippen molar-refractivity contribution >= 4 is 18.0 Å². The fourth-order valence-electron chi connectivity index (χ4n) is 2.14. The van der Waals surface area contributed by atoms with E-state index in [0.717, 1.165) is 5.56 Å². The van der Waals surface area contributed by atoms with Crippen molar-refractivity contribution in [2.24, 2.45) is 5.92 Å². The quantitative estimate of drug-likeness (QED) is 0.590. The number of methoxy groups -OCH3 is 1. The second kappa shape index (κ2) is 9.79. The van der Waals surface area contributed by atoms with Gasteiger partial charge < -0.3 is 19.5 Å². The van der Waals surface area contributed by atoms with Crippen LogP contribution in [0.5, 0.6) is 0 Å². The molecule has 7 heteroatoms. The first-order valence-corrected chi connectivity index (χ1v) is 8.40. The standard InChI is InChI=1S/C19H27NO6/c1-13(16(21)24-5)11-15(20-18(23)26-19(2,3)4)17(22)25-12-14-9-7-6-8-10-14/h6-10,13,15H,11-12H2,1-5H3,(H,20,23)/t13-,15-/m0/s1. The van der Waals surface area contributed by atoms with Crippen LogP contribution in [0, 0.1) is 5.92 Å². The maximum Gasteiger partial charge on any atom is 0.408 e. The SMILES string of the molecule is COC(=O)[C@@H](C)C[C@H](NC(=O)OC(C)(C)C)C(=O)OCc1ccccc1. The van der Waals surface area contributed by atoms with Crippen molar-refractivity contribution in [3.05, 3.63) is 35.9 Å². The molecule has 0 saturated carbocycles. The number of rotatable bonds is 7. The first-order valence-electron chi connectivity index (χ1n) is 8.40. The van der Waals surface area contributed by atoms with Crippen LogP contribution < -0.4 is 5.32 Å². The molecular formula is C19H27NO6. The summed E-state index contributed by atoms with van der Waals surface area (Å²) in [6.45, 7) is 6.82. The summed E-state index contributed by atoms with van der Waals surface area (Å²) < 4.78 is 15.1. The Hall–Kier alpha value is -2.57. The zero-order chi connectivity index (χ0) is 19.7. The molecular weight excluding hydrogens is 338 g/mol. The van der Waals surface area contributed by atoms with Gasteiger partial charge in [0, 0.05) is 0 Å². The van der Waals surface area contributed by atoms with Gasteiger partial charge in [-0.05, 0) is 32.8 Å². The highest BCUT2D eigenvalue weighted by molar-refractivity contribution is 5.82. The van der Waals surface area contributed by atoms with Gasteiger partial charge in [0.1, 0.15) is 18.2 Å². The molecule has 0 aliphatic heterocycles. The van der Waals surface area contributed by atoms with Crippen molar-refractivity contribution in [2.75, 3.05) is 7.11 Å². The van der Waals surface area contributed by atoms with Crippen molar-refractivity contribution in [1.82, 2.24) is 5.32 Å². The molecule has 26 heavy (non-hydrogen) atoms. The molecule has 0 fully saturated rings. The summed E-state index contributed by atoms with van der Waals surface area (Å²) in [4.78, 5) is 36.1. The normalized spacial score (nSPS) is 13.3. The molecule has 0 radical (unpaired) electrons. The smallest absolute Gasteiger partial charge is 0.408 e. The molecule has 1 rings (SSSR count). The fraction of sp³-hybridized carbons (Fsp3) is 0.526. The fourth-order valence-corrected chi connectivity index (χ4v) is 2.14. The minimum atomic E-state index is -1.03. The molecule has 1 aromatic rings. The number of amides is 1. The average molecular weight is 365 g/mol. The van der Waals surface area contributed by atoms with Gasteiger partial charge >= 0.3 is 18.0 Å². The van der Waals surface area contributed by atoms with Crippen molar-refractivity contribution < 1.29 is 28.6 Å². The van der Waals surface area contributed by atoms with Gasteiger partial charge in [-0.3, -0.25) is 4.79 Å². The van der Waals surface area contributed by atoms with E-state index in [2.05, 4.69) is 10.1 Å². The number of ether oxygens (including phenoxy) is 3. The molecule has 7 nitrogen and oxygen atoms in total. The van der Waals surface area contributed by atoms with Gasteiger partial charge in [-0.25, -0.2) is 9.59 Å². The molecule has 0 aromatic heterocycles. The minimum absolute atomic E-state index is 0.0412. The summed E-state index contributed by atoms with van der Waals surface area (Å²) in [6, 6.07) is 8.14. The van der Waals surface area contributed by atoms with Crippen LogP contribution in [0.2, 0.25) is 0 Å². The van der Waals surface area contributed by atoms with E-state index in [1.807, 2.05) is 30.3 Å². The number of esters is 2. The first kappa shape index (κ1) is 21.5. The molecule has 144 valence electrons. The Balaban J connectivity index is 2.76. The van der Waals surface area contributed by atoms with Crippen LogP contribution >= 0.6 is 0 Å². The van der Waals surface area contributed by atoms with E-state index in [1.54, 1.807) is 27.7 Å². The van der Waals surface area contributed by atoms with Crippen LogP contribution in [0.15, 0.2) is 30.3 Å². The molecule has 0 aliphatic carbocycles. The predicted octanol–water partition coefficient (Wildman–Crippen LogP) is 2.82. The third kappa shape index (κ3) is 8.00. The minimum Gasteiger partial charge on any atom is -0.469 e. The van der Waals surface area contributed by atoms with E-state index in [4.69, 9.17) is 9.47 Å². The van der Waals surface area contributed by atoms with Crippen LogP contribution in [0.4, 0.5) is 4.79 Å². The predicted molar refractivity (Wildman–Crippen MR) is 95.2 cm³/mol. The van der Waals surface area contributed by atoms with Gasteiger partial charge in [-0.15, -0.1) is 0 Å². The van der Waals surface area contributed by atoms with E-state index in [-0.39, 0.29) is 13.0 Å². The number of carbonyl (C=O) groups is 3. The van der Waals surface area contributed by atoms with Gasteiger partial charge in [-0.1, -0.05) is 37.3 Å². The Morgan fingerprint density at radius 1 is 1.08 bits per heavy atom. The molecule has 0 bridgehead atoms. The van der Waals surface area contributed by atoms with E-state index < -0.39 is 35.6 Å². The molecule has 1 aromatic carbocycles. The Bertz CT molecular complexity index is 608. The van der Waals surface area contributed by atoms with Gasteiger partial charge in [0.15, 0.2) is 0 Å². The molecule has 1 amide bonds. The van der Waals surface area contributed by atoms with Crippen LogP contribution in [0.3, 0.4) is 0 Å². The van der Waals surface area contributed by atoms with Crippen LogP contribution in [0.25, 0.3) is 0 Å². The Kier molecular flexibility index (Phi) is 8.09. The molecule has 1 N–H and O–H groups in total. The molecule has 0 spiro atoms. The lowest BCUT2D eigenvalue weighted by atomic mass is 10.0. The number of nitrogens with one attached hydrogen (secondary N) is 1. The second-order valence-electron chi connectivity index (χ2n) is 6.95. The summed E-state index contributed by atoms with van der Waals surface area (Å²) in [5.41, 5.74) is 0.106. The highest BCUT2D eigenvalue weighted by atomic mass is 16.6. The zero-order valence-corrected chi connectivity index (χ0v) is 15.9. The monoisotopic (exact) mass is 365 g/mol. The highest BCUT2D eigenvalue weighted by Crippen LogP contribution is 2.13. The van der Waals surface area contributed by atoms with Crippen molar-refractivity contribution in [3.8, 4) is 0 Å². The summed E-state index contributed by atoms with van der Waals surface area (Å²) in [5, 5.41) is 2.48. The lowest BCUT2D eigenvalue weighted by Gasteiger charge is -2.24. The number of alkyl carbamates (subject to hydrolysis) is 1. The summed E-state index contributed by atoms with van der Waals surface area (Å²) in [6.07, 6.45) is -0.712. The van der Waals surface area contributed by atoms with Crippen LogP contribution in [-0.2, 0) is 30.4 Å². The van der Waals surface area contributed by atoms with Gasteiger partial charge in [0.05, 0.1) is 13.0 Å². The number of hydrogen-bond acceptors (Lipinski definition) is 6. The summed E-state index contributed by atoms with van der Waals surface area (Å²) in [7, 11) is 1.27. The third-order valence-electron chi connectivity index (χ3n) is 3.39. The number of hydrogen-bond donors (Lipinski definition) is 1. The molecule has 0 heterocycles. The number of carbonyl (C=O) groups excluding carboxylic acids is 3. The van der Waals surface area contributed by atoms with Crippen molar-refractivity contribution in [3.63, 3.8) is 0 Å². The molecule has 2 atom stereocenters. The molecule has 0 aliphatic rings. The highest BCUT2D eigenvalue weighted by Gasteiger charge is 2.29. The Morgan fingerprint density at radius 2 is 1.69 bits per heavy atom. The second-order valence-corrected chi connectivity index (χ2v) is 6.95. The molecule has 0 saturated heterocycles. The lowest BCUT2D eigenvalue weighted by molar-refractivity contribution is -0.150. The van der Waals surface area contributed by atoms with Crippen molar-refractivity contribution in [2.45, 2.75) is 52.4 Å². The zero-order valence-electron chi connectivity index (χ0n) is 15.9. The third-order valence-corrected chi connectivity index (χ3v) is 3.39. The van der Waals surface area contributed by atoms with Crippen molar-refractivity contribution in [1.29, 1.82) is 0 Å². The summed E-state index contributed by atoms with van der Waals surface area (Å²) >= 11 is 0. The maximum atomic E-state index is 12.4. The number of benzene rings is 1. The van der Waals surface area contributed by atoms with Gasteiger partial charge in [0.25, 0.3) is 0 Å². The van der Waals surface area contributed by atoms with E-state index in [1.165, 1.54) is 7.11 Å². The largest absolute Gasteiger partial charge is 0.469 e. The van der Waals surface area contributed by atoms with Gasteiger partial charge in [-0.2, -0.15) is 0 Å². The van der Waals surface area contributed by atoms with Gasteiger partial charge in [0.2, 0.25) is 0 Å².